The van der Waals surface area contributed by atoms with E-state index in [1.54, 1.807) is 12.4 Å². The van der Waals surface area contributed by atoms with Gasteiger partial charge in [0.2, 0.25) is 0 Å². The Hall–Kier alpha value is -1.09. The first-order valence-corrected chi connectivity index (χ1v) is 5.15. The molecule has 1 aliphatic carbocycles. The lowest BCUT2D eigenvalue weighted by Gasteiger charge is -2.22. The molecular weight excluding hydrogens is 176 g/mol. The van der Waals surface area contributed by atoms with Crippen molar-refractivity contribution in [3.05, 3.63) is 24.5 Å². The van der Waals surface area contributed by atoms with Gasteiger partial charge in [-0.15, -0.1) is 0 Å². The Morgan fingerprint density at radius 2 is 2.21 bits per heavy atom. The molecule has 1 heterocycles. The molecule has 76 valence electrons. The van der Waals surface area contributed by atoms with Crippen LogP contribution in [0.5, 0.6) is 0 Å². The second-order valence-electron chi connectivity index (χ2n) is 4.03. The van der Waals surface area contributed by atoms with Crippen LogP contribution in [-0.4, -0.2) is 22.2 Å². The minimum Gasteiger partial charge on any atom is -0.388 e. The van der Waals surface area contributed by atoms with E-state index in [-0.39, 0.29) is 0 Å². The maximum absolute atomic E-state index is 10.1. The molecular formula is C11H16N2O. The number of anilines is 1. The van der Waals surface area contributed by atoms with Crippen LogP contribution < -0.4 is 5.32 Å². The molecule has 1 aliphatic rings. The molecule has 2 rings (SSSR count). The zero-order valence-corrected chi connectivity index (χ0v) is 8.24. The van der Waals surface area contributed by atoms with E-state index in [1.165, 1.54) is 0 Å². The van der Waals surface area contributed by atoms with Gasteiger partial charge in [-0.3, -0.25) is 4.98 Å². The lowest BCUT2D eigenvalue weighted by Crippen LogP contribution is -2.33. The number of rotatable bonds is 3. The van der Waals surface area contributed by atoms with Crippen LogP contribution in [-0.2, 0) is 0 Å². The van der Waals surface area contributed by atoms with E-state index >= 15 is 0 Å². The van der Waals surface area contributed by atoms with E-state index in [4.69, 9.17) is 0 Å². The minimum absolute atomic E-state index is 0.490. The van der Waals surface area contributed by atoms with Crippen LogP contribution >= 0.6 is 0 Å². The topological polar surface area (TPSA) is 45.1 Å². The maximum atomic E-state index is 10.1. The number of nitrogens with one attached hydrogen (secondary N) is 1. The molecule has 0 radical (unpaired) electrons. The van der Waals surface area contributed by atoms with Gasteiger partial charge in [0.1, 0.15) is 0 Å². The van der Waals surface area contributed by atoms with Crippen molar-refractivity contribution in [1.29, 1.82) is 0 Å². The summed E-state index contributed by atoms with van der Waals surface area (Å²) in [5, 5.41) is 13.3. The van der Waals surface area contributed by atoms with Gasteiger partial charge in [0, 0.05) is 18.9 Å². The van der Waals surface area contributed by atoms with Crippen LogP contribution in [0.4, 0.5) is 5.69 Å². The molecule has 1 aromatic heterocycles. The van der Waals surface area contributed by atoms with Crippen molar-refractivity contribution in [2.45, 2.75) is 31.3 Å². The first-order chi connectivity index (χ1) is 6.79. The molecule has 0 amide bonds. The second kappa shape index (κ2) is 3.96. The molecule has 0 aliphatic heterocycles. The summed E-state index contributed by atoms with van der Waals surface area (Å²) < 4.78 is 0. The van der Waals surface area contributed by atoms with Crippen molar-refractivity contribution in [2.24, 2.45) is 0 Å². The first-order valence-electron chi connectivity index (χ1n) is 5.15. The summed E-state index contributed by atoms with van der Waals surface area (Å²) in [6.07, 6.45) is 7.64. The fourth-order valence-electron chi connectivity index (χ4n) is 1.94. The van der Waals surface area contributed by atoms with Crippen LogP contribution in [0.3, 0.4) is 0 Å². The Morgan fingerprint density at radius 3 is 2.86 bits per heavy atom. The van der Waals surface area contributed by atoms with Crippen molar-refractivity contribution in [3.8, 4) is 0 Å². The summed E-state index contributed by atoms with van der Waals surface area (Å²) in [6, 6.07) is 3.85. The molecule has 0 spiro atoms. The quantitative estimate of drug-likeness (QED) is 0.767. The standard InChI is InChI=1S/C11H16N2O/c14-11(5-1-2-6-11)9-13-10-4-3-7-12-8-10/h3-4,7-8,13-14H,1-2,5-6,9H2. The Labute approximate surface area is 84.2 Å². The van der Waals surface area contributed by atoms with Crippen molar-refractivity contribution in [3.63, 3.8) is 0 Å². The summed E-state index contributed by atoms with van der Waals surface area (Å²) in [7, 11) is 0. The second-order valence-corrected chi connectivity index (χ2v) is 4.03. The molecule has 0 atom stereocenters. The highest BCUT2D eigenvalue weighted by molar-refractivity contribution is 5.40. The van der Waals surface area contributed by atoms with Gasteiger partial charge < -0.3 is 10.4 Å². The fourth-order valence-corrected chi connectivity index (χ4v) is 1.94. The average Bonchev–Trinajstić information content (AvgIpc) is 2.65. The maximum Gasteiger partial charge on any atom is 0.0819 e. The van der Waals surface area contributed by atoms with E-state index in [0.29, 0.717) is 6.54 Å². The largest absolute Gasteiger partial charge is 0.388 e. The Morgan fingerprint density at radius 1 is 1.43 bits per heavy atom. The Bertz CT molecular complexity index is 281. The van der Waals surface area contributed by atoms with Crippen molar-refractivity contribution in [2.75, 3.05) is 11.9 Å². The monoisotopic (exact) mass is 192 g/mol. The molecule has 3 heteroatoms. The molecule has 1 fully saturated rings. The number of aliphatic hydroxyl groups is 1. The van der Waals surface area contributed by atoms with Gasteiger partial charge in [0.05, 0.1) is 11.3 Å². The smallest absolute Gasteiger partial charge is 0.0819 e. The van der Waals surface area contributed by atoms with Gasteiger partial charge in [0.15, 0.2) is 0 Å². The molecule has 1 aromatic rings. The summed E-state index contributed by atoms with van der Waals surface area (Å²) in [6.45, 7) is 0.638. The van der Waals surface area contributed by atoms with Crippen LogP contribution in [0, 0.1) is 0 Å². The van der Waals surface area contributed by atoms with Crippen LogP contribution in [0.2, 0.25) is 0 Å². The third kappa shape index (κ3) is 2.23. The summed E-state index contributed by atoms with van der Waals surface area (Å²) in [5.74, 6) is 0. The van der Waals surface area contributed by atoms with E-state index in [1.807, 2.05) is 12.1 Å². The average molecular weight is 192 g/mol. The highest BCUT2D eigenvalue weighted by atomic mass is 16.3. The van der Waals surface area contributed by atoms with Crippen LogP contribution in [0.15, 0.2) is 24.5 Å². The number of aromatic nitrogens is 1. The summed E-state index contributed by atoms with van der Waals surface area (Å²) in [5.41, 5.74) is 0.489. The number of nitrogens with zero attached hydrogens (tertiary/aromatic N) is 1. The van der Waals surface area contributed by atoms with E-state index < -0.39 is 5.60 Å². The van der Waals surface area contributed by atoms with Gasteiger partial charge >= 0.3 is 0 Å². The summed E-state index contributed by atoms with van der Waals surface area (Å²) >= 11 is 0. The molecule has 2 N–H and O–H groups in total. The zero-order valence-electron chi connectivity index (χ0n) is 8.24. The van der Waals surface area contributed by atoms with Crippen LogP contribution in [0.1, 0.15) is 25.7 Å². The predicted octanol–water partition coefficient (Wildman–Crippen LogP) is 1.80. The van der Waals surface area contributed by atoms with E-state index in [9.17, 15) is 5.11 Å². The lowest BCUT2D eigenvalue weighted by molar-refractivity contribution is 0.0615. The normalized spacial score (nSPS) is 19.5. The van der Waals surface area contributed by atoms with Gasteiger partial charge in [-0.25, -0.2) is 0 Å². The molecule has 0 unspecified atom stereocenters. The highest BCUT2D eigenvalue weighted by Gasteiger charge is 2.30. The molecule has 0 bridgehead atoms. The van der Waals surface area contributed by atoms with Crippen molar-refractivity contribution >= 4 is 5.69 Å². The van der Waals surface area contributed by atoms with Gasteiger partial charge in [-0.1, -0.05) is 12.8 Å². The van der Waals surface area contributed by atoms with Gasteiger partial charge in [0.25, 0.3) is 0 Å². The van der Waals surface area contributed by atoms with E-state index in [0.717, 1.165) is 31.4 Å². The third-order valence-corrected chi connectivity index (χ3v) is 2.82. The number of hydrogen-bond acceptors (Lipinski definition) is 3. The predicted molar refractivity (Wildman–Crippen MR) is 56.1 cm³/mol. The molecule has 14 heavy (non-hydrogen) atoms. The molecule has 1 saturated carbocycles. The molecule has 0 saturated heterocycles. The van der Waals surface area contributed by atoms with Crippen LogP contribution in [0.25, 0.3) is 0 Å². The molecule has 3 nitrogen and oxygen atoms in total. The Balaban J connectivity index is 1.88. The Kier molecular flexibility index (Phi) is 2.68. The SMILES string of the molecule is OC1(CNc2cccnc2)CCCC1. The summed E-state index contributed by atoms with van der Waals surface area (Å²) in [4.78, 5) is 4.01. The fraction of sp³-hybridized carbons (Fsp3) is 0.545. The van der Waals surface area contributed by atoms with Crippen molar-refractivity contribution in [1.82, 2.24) is 4.98 Å². The highest BCUT2D eigenvalue weighted by Crippen LogP contribution is 2.29. The lowest BCUT2D eigenvalue weighted by atomic mass is 10.0. The minimum atomic E-state index is -0.490. The molecule has 0 aromatic carbocycles. The zero-order chi connectivity index (χ0) is 9.86. The van der Waals surface area contributed by atoms with Gasteiger partial charge in [-0.2, -0.15) is 0 Å². The third-order valence-electron chi connectivity index (χ3n) is 2.82. The van der Waals surface area contributed by atoms with E-state index in [2.05, 4.69) is 10.3 Å². The number of hydrogen-bond donors (Lipinski definition) is 2. The first kappa shape index (κ1) is 9.46. The number of pyridine rings is 1. The van der Waals surface area contributed by atoms with Crippen molar-refractivity contribution < 1.29 is 5.11 Å². The van der Waals surface area contributed by atoms with Gasteiger partial charge in [-0.05, 0) is 25.0 Å².